The van der Waals surface area contributed by atoms with Crippen LogP contribution >= 0.6 is 11.3 Å². The second kappa shape index (κ2) is 23.5. The van der Waals surface area contributed by atoms with E-state index in [0.717, 1.165) is 130 Å². The first-order chi connectivity index (χ1) is 39.3. The second-order valence-electron chi connectivity index (χ2n) is 23.9. The maximum absolute atomic E-state index is 14.4. The van der Waals surface area contributed by atoms with E-state index < -0.39 is 18.1 Å². The summed E-state index contributed by atoms with van der Waals surface area (Å²) < 4.78 is 12.5. The number of likely N-dealkylation sites (tertiary alicyclic amines) is 2. The molecule has 428 valence electrons. The highest BCUT2D eigenvalue weighted by Gasteiger charge is 2.45. The quantitative estimate of drug-likeness (QED) is 0.0738. The zero-order valence-electron chi connectivity index (χ0n) is 46.9. The number of nitrogens with one attached hydrogen (secondary N) is 1. The van der Waals surface area contributed by atoms with E-state index in [4.69, 9.17) is 15.0 Å². The van der Waals surface area contributed by atoms with Crippen molar-refractivity contribution in [3.63, 3.8) is 0 Å². The van der Waals surface area contributed by atoms with Gasteiger partial charge in [0.1, 0.15) is 23.8 Å². The van der Waals surface area contributed by atoms with Gasteiger partial charge in [0.25, 0.3) is 0 Å². The van der Waals surface area contributed by atoms with Crippen LogP contribution in [0.1, 0.15) is 94.7 Å². The van der Waals surface area contributed by atoms with Crippen molar-refractivity contribution >= 4 is 46.2 Å². The van der Waals surface area contributed by atoms with Crippen LogP contribution in [0.15, 0.2) is 83.1 Å². The van der Waals surface area contributed by atoms with Gasteiger partial charge < -0.3 is 55.0 Å². The number of fused-ring (bicyclic) bond motifs is 2. The van der Waals surface area contributed by atoms with Crippen LogP contribution < -0.4 is 30.5 Å². The number of hydrogen-bond donors (Lipinski definition) is 4. The molecule has 5 aromatic heterocycles. The number of phenols is 1. The summed E-state index contributed by atoms with van der Waals surface area (Å²) in [6.07, 6.45) is 9.88. The molecule has 5 aliphatic heterocycles. The lowest BCUT2D eigenvalue weighted by Gasteiger charge is -2.43. The van der Waals surface area contributed by atoms with E-state index in [1.54, 1.807) is 23.8 Å². The Morgan fingerprint density at radius 1 is 0.827 bits per heavy atom. The van der Waals surface area contributed by atoms with E-state index in [-0.39, 0.29) is 48.6 Å². The second-order valence-corrected chi connectivity index (χ2v) is 24.7. The van der Waals surface area contributed by atoms with E-state index in [1.165, 1.54) is 29.1 Å². The van der Waals surface area contributed by atoms with Crippen LogP contribution in [0.5, 0.6) is 11.6 Å². The van der Waals surface area contributed by atoms with Crippen LogP contribution in [0, 0.1) is 24.7 Å². The number of nitrogens with two attached hydrogens (primary N) is 1. The van der Waals surface area contributed by atoms with Crippen molar-refractivity contribution in [3.05, 3.63) is 95.6 Å². The zero-order chi connectivity index (χ0) is 55.9. The Kier molecular flexibility index (Phi) is 15.9. The van der Waals surface area contributed by atoms with Crippen molar-refractivity contribution in [1.82, 2.24) is 50.3 Å². The minimum atomic E-state index is -0.818. The van der Waals surface area contributed by atoms with Crippen molar-refractivity contribution in [2.45, 2.75) is 115 Å². The van der Waals surface area contributed by atoms with Crippen LogP contribution in [0.3, 0.4) is 0 Å². The highest BCUT2D eigenvalue weighted by atomic mass is 32.1. The molecule has 5 saturated heterocycles. The Morgan fingerprint density at radius 3 is 2.30 bits per heavy atom. The van der Waals surface area contributed by atoms with Crippen molar-refractivity contribution in [3.8, 4) is 33.5 Å². The van der Waals surface area contributed by atoms with Gasteiger partial charge in [0.05, 0.1) is 45.3 Å². The molecule has 1 aliphatic carbocycles. The third kappa shape index (κ3) is 11.8. The average Bonchev–Trinajstić information content (AvgIpc) is 4.28. The highest BCUT2D eigenvalue weighted by Crippen LogP contribution is 2.41. The third-order valence-corrected chi connectivity index (χ3v) is 18.9. The molecule has 21 heteroatoms. The lowest BCUT2D eigenvalue weighted by molar-refractivity contribution is -0.141. The topological polar surface area (TPSA) is 232 Å². The maximum Gasteiger partial charge on any atom is 0.243 e. The van der Waals surface area contributed by atoms with Gasteiger partial charge >= 0.3 is 0 Å². The summed E-state index contributed by atoms with van der Waals surface area (Å²) in [5.41, 5.74) is 14.1. The molecule has 6 atom stereocenters. The number of β-amino-alcohol motifs (C(OH)–C–C–N with tert-alkyl or cyclic N) is 1. The number of pyridine rings is 2. The number of phenolic OH excluding ortho intramolecular Hbond substituents is 1. The molecule has 0 spiro atoms. The van der Waals surface area contributed by atoms with E-state index in [9.17, 15) is 19.8 Å². The number of aromatic nitrogens is 6. The summed E-state index contributed by atoms with van der Waals surface area (Å²) in [4.78, 5) is 56.7. The predicted octanol–water partition coefficient (Wildman–Crippen LogP) is 6.77. The van der Waals surface area contributed by atoms with Gasteiger partial charge in [-0.15, -0.1) is 21.5 Å². The van der Waals surface area contributed by atoms with Gasteiger partial charge in [-0.05, 0) is 119 Å². The van der Waals surface area contributed by atoms with Gasteiger partial charge in [0, 0.05) is 113 Å². The van der Waals surface area contributed by atoms with Crippen molar-refractivity contribution < 1.29 is 29.1 Å². The summed E-state index contributed by atoms with van der Waals surface area (Å²) in [6, 6.07) is 18.6. The van der Waals surface area contributed by atoms with Crippen molar-refractivity contribution in [1.29, 1.82) is 0 Å². The first kappa shape index (κ1) is 54.6. The van der Waals surface area contributed by atoms with Gasteiger partial charge in [-0.2, -0.15) is 0 Å². The number of aliphatic hydroxyl groups excluding tert-OH is 1. The number of aliphatic hydroxyl groups is 1. The number of ether oxygens (including phenoxy) is 1. The summed E-state index contributed by atoms with van der Waals surface area (Å²) in [6.45, 7) is 17.5. The summed E-state index contributed by atoms with van der Waals surface area (Å²) in [7, 11) is 0. The molecule has 1 saturated carbocycles. The fourth-order valence-corrected chi connectivity index (χ4v) is 14.3. The van der Waals surface area contributed by atoms with Gasteiger partial charge in [-0.25, -0.2) is 9.97 Å². The molecular formula is C60H76N14O6S. The Hall–Kier alpha value is -6.94. The lowest BCUT2D eigenvalue weighted by atomic mass is 9.81. The van der Waals surface area contributed by atoms with E-state index in [1.807, 2.05) is 70.3 Å². The number of benzene rings is 1. The molecule has 5 N–H and O–H groups in total. The number of rotatable bonds is 17. The van der Waals surface area contributed by atoms with E-state index in [0.29, 0.717) is 52.6 Å². The maximum atomic E-state index is 14.4. The molecule has 1 aromatic carbocycles. The molecule has 2 bridgehead atoms. The van der Waals surface area contributed by atoms with Crippen LogP contribution in [0.4, 0.5) is 23.0 Å². The Labute approximate surface area is 477 Å². The molecular weight excluding hydrogens is 1040 g/mol. The van der Waals surface area contributed by atoms with E-state index >= 15 is 0 Å². The monoisotopic (exact) mass is 1120 g/mol. The molecule has 10 heterocycles. The van der Waals surface area contributed by atoms with Gasteiger partial charge in [-0.3, -0.25) is 19.5 Å². The Bertz CT molecular complexity index is 3140. The Balaban J connectivity index is 0.564. The SMILES string of the molecule is Cc1ncsc1-c1ccc([C@H](C)NC(=O)[C@@H]2C[C@@H](O)CN2C(=O)[C@@H](c2cc(N3CCN(CC4CCN(CC5CC(Oc6cc(N7C8CC[C@@H]7CN(c7cc(-c9ccccc9O)nnc7N)C8)ccn6)C5)CC4)CC3)no2)C(C)C)cn1. The first-order valence-electron chi connectivity index (χ1n) is 29.2. The lowest BCUT2D eigenvalue weighted by Crippen LogP contribution is -2.54. The fourth-order valence-electron chi connectivity index (χ4n) is 13.5. The van der Waals surface area contributed by atoms with Gasteiger partial charge in [0.2, 0.25) is 17.7 Å². The van der Waals surface area contributed by atoms with Gasteiger partial charge in [-0.1, -0.05) is 37.2 Å². The number of nitrogens with zero attached hydrogens (tertiary/aromatic N) is 12. The minimum absolute atomic E-state index is 0.0749. The standard InChI is InChI=1S/C60H76N14O6S/c1-36(2)56(60(78)73-34-45(75)26-51(73)59(77)65-37(3)41-9-12-48(63-29-41)57-38(4)64-35-81-57)53-28-54(68-80-53)71-21-19-70(20-22-71)30-39-14-17-69(18-15-39)31-40-23-46(24-40)79-55-25-42(13-16-62-55)74-43-10-11-44(74)33-72(32-43)50-27-49(66-67-58(50)61)47-7-5-6-8-52(47)76/h5-9,12-13,16,25,27-29,35-37,39-40,43-46,51,56,75-76H,10-11,14-15,17-24,26,30-34H2,1-4H3,(H2,61,67)(H,65,77)/t37-,40?,43+,44?,45+,46?,51-,56+/m0/s1. The molecule has 0 radical (unpaired) electrons. The summed E-state index contributed by atoms with van der Waals surface area (Å²) in [5, 5.41) is 37.4. The molecule has 2 amide bonds. The van der Waals surface area contributed by atoms with Crippen LogP contribution in [0.2, 0.25) is 0 Å². The average molecular weight is 1120 g/mol. The normalized spacial score (nSPS) is 24.4. The number of aromatic hydroxyl groups is 1. The fraction of sp³-hybridized carbons (Fsp3) is 0.533. The largest absolute Gasteiger partial charge is 0.507 e. The highest BCUT2D eigenvalue weighted by molar-refractivity contribution is 7.13. The Morgan fingerprint density at radius 2 is 1.58 bits per heavy atom. The number of amides is 2. The number of hydrogen-bond acceptors (Lipinski definition) is 19. The molecule has 81 heavy (non-hydrogen) atoms. The smallest absolute Gasteiger partial charge is 0.243 e. The number of anilines is 4. The van der Waals surface area contributed by atoms with Crippen LogP contribution in [0.25, 0.3) is 21.8 Å². The van der Waals surface area contributed by atoms with Crippen LogP contribution in [-0.4, -0.2) is 169 Å². The van der Waals surface area contributed by atoms with Gasteiger partial charge in [0.15, 0.2) is 17.4 Å². The third-order valence-electron chi connectivity index (χ3n) is 18.0. The number of aryl methyl sites for hydroxylation is 1. The number of carbonyl (C=O) groups is 2. The number of piperidine rings is 1. The van der Waals surface area contributed by atoms with Crippen LogP contribution in [-0.2, 0) is 9.59 Å². The molecule has 6 aliphatic rings. The number of carbonyl (C=O) groups excluding carboxylic acids is 2. The number of piperazine rings is 2. The predicted molar refractivity (Wildman–Crippen MR) is 311 cm³/mol. The molecule has 12 rings (SSSR count). The van der Waals surface area contributed by atoms with Crippen molar-refractivity contribution in [2.24, 2.45) is 17.8 Å². The number of nitrogen functional groups attached to an aromatic ring is 1. The first-order valence-corrected chi connectivity index (χ1v) is 30.1. The number of para-hydroxylation sites is 1. The summed E-state index contributed by atoms with van der Waals surface area (Å²) >= 11 is 1.54. The van der Waals surface area contributed by atoms with E-state index in [2.05, 4.69) is 72.3 Å². The van der Waals surface area contributed by atoms with Crippen molar-refractivity contribution in [2.75, 3.05) is 92.4 Å². The molecule has 6 aromatic rings. The summed E-state index contributed by atoms with van der Waals surface area (Å²) in [5.74, 6) is 2.43. The molecule has 6 fully saturated rings. The zero-order valence-corrected chi connectivity index (χ0v) is 47.7. The molecule has 20 nitrogen and oxygen atoms in total. The molecule has 1 unspecified atom stereocenters. The minimum Gasteiger partial charge on any atom is -0.507 e. The number of thiazole rings is 1.